The van der Waals surface area contributed by atoms with Crippen LogP contribution in [0.5, 0.6) is 0 Å². The van der Waals surface area contributed by atoms with E-state index in [0.717, 1.165) is 31.1 Å². The SMILES string of the molecule is CCCSc1nc(N)c2c(n1)[n+](C1CC(OCCO)CC1OCO)nn2-c1cc(F)c(F)cc1C1CC1. The fourth-order valence-corrected chi connectivity index (χ4v) is 5.61. The number of anilines is 1. The summed E-state index contributed by atoms with van der Waals surface area (Å²) in [5, 5.41) is 24.0. The molecule has 200 valence electrons. The number of hydrogen-bond acceptors (Lipinski definition) is 9. The number of nitrogens with two attached hydrogens (primary N) is 1. The number of hydrogen-bond donors (Lipinski definition) is 3. The Bertz CT molecular complexity index is 1270. The van der Waals surface area contributed by atoms with Crippen LogP contribution in [0, 0.1) is 11.6 Å². The second-order valence-corrected chi connectivity index (χ2v) is 10.4. The molecule has 1 aromatic carbocycles. The van der Waals surface area contributed by atoms with Crippen molar-refractivity contribution in [1.82, 2.24) is 19.9 Å². The van der Waals surface area contributed by atoms with Gasteiger partial charge in [-0.2, -0.15) is 4.98 Å². The first kappa shape index (κ1) is 26.2. The number of fused-ring (bicyclic) bond motifs is 1. The summed E-state index contributed by atoms with van der Waals surface area (Å²) in [6, 6.07) is 1.98. The van der Waals surface area contributed by atoms with Crippen LogP contribution in [-0.4, -0.2) is 68.0 Å². The third kappa shape index (κ3) is 5.28. The van der Waals surface area contributed by atoms with Crippen molar-refractivity contribution in [2.75, 3.05) is 31.5 Å². The number of aliphatic hydroxyl groups excluding tert-OH is 2. The van der Waals surface area contributed by atoms with Crippen LogP contribution in [0.2, 0.25) is 0 Å². The van der Waals surface area contributed by atoms with Crippen LogP contribution in [-0.2, 0) is 9.47 Å². The van der Waals surface area contributed by atoms with E-state index in [1.54, 1.807) is 4.68 Å². The smallest absolute Gasteiger partial charge is 0.330 e. The quantitative estimate of drug-likeness (QED) is 0.146. The van der Waals surface area contributed by atoms with Crippen molar-refractivity contribution in [2.24, 2.45) is 0 Å². The molecular formula is C24H31F2N6O4S+. The molecule has 2 aliphatic rings. The second kappa shape index (κ2) is 11.1. The van der Waals surface area contributed by atoms with E-state index in [1.807, 2.05) is 0 Å². The summed E-state index contributed by atoms with van der Waals surface area (Å²) in [6.45, 7) is 1.63. The molecule has 3 atom stereocenters. The average Bonchev–Trinajstić information content (AvgIpc) is 3.55. The van der Waals surface area contributed by atoms with E-state index in [1.165, 1.54) is 22.5 Å². The Kier molecular flexibility index (Phi) is 7.86. The number of benzene rings is 1. The number of halogens is 2. The van der Waals surface area contributed by atoms with Crippen LogP contribution in [0.1, 0.15) is 56.6 Å². The van der Waals surface area contributed by atoms with Crippen molar-refractivity contribution >= 4 is 28.7 Å². The van der Waals surface area contributed by atoms with Gasteiger partial charge in [-0.1, -0.05) is 23.7 Å². The molecule has 2 fully saturated rings. The lowest BCUT2D eigenvalue weighted by Gasteiger charge is -2.15. The van der Waals surface area contributed by atoms with Crippen LogP contribution in [0.15, 0.2) is 17.3 Å². The minimum atomic E-state index is -0.982. The highest BCUT2D eigenvalue weighted by molar-refractivity contribution is 7.99. The summed E-state index contributed by atoms with van der Waals surface area (Å²) in [6.07, 6.45) is 2.93. The van der Waals surface area contributed by atoms with Gasteiger partial charge in [0.2, 0.25) is 5.52 Å². The number of nitrogens with zero attached hydrogens (tertiary/aromatic N) is 5. The molecule has 2 aliphatic carbocycles. The molecule has 0 saturated heterocycles. The van der Waals surface area contributed by atoms with E-state index in [0.29, 0.717) is 40.4 Å². The standard InChI is InChI=1S/C24H31F2N6O4S/c1-2-7-37-24-28-22(27)21-23(29-24)32(19-8-14(35-6-5-33)9-20(19)36-12-34)30-31(21)18-11-17(26)16(25)10-15(18)13-3-4-13/h10-11,13-14,19-20,33-34H,2-9,12H2,1H3,(H2,27,28,29)/q+1. The number of rotatable bonds is 11. The summed E-state index contributed by atoms with van der Waals surface area (Å²) in [5.74, 6) is -0.817. The molecule has 0 radical (unpaired) electrons. The molecule has 5 rings (SSSR count). The molecule has 2 aromatic heterocycles. The van der Waals surface area contributed by atoms with Gasteiger partial charge in [-0.3, -0.25) is 0 Å². The van der Waals surface area contributed by atoms with E-state index in [9.17, 15) is 19.0 Å². The van der Waals surface area contributed by atoms with E-state index >= 15 is 0 Å². The van der Waals surface area contributed by atoms with Crippen molar-refractivity contribution in [1.29, 1.82) is 0 Å². The summed E-state index contributed by atoms with van der Waals surface area (Å²) in [4.78, 5) is 9.23. The third-order valence-corrected chi connectivity index (χ3v) is 7.77. The lowest BCUT2D eigenvalue weighted by Crippen LogP contribution is -2.47. The molecule has 0 spiro atoms. The van der Waals surface area contributed by atoms with Gasteiger partial charge in [-0.25, -0.2) is 8.78 Å². The number of aliphatic hydroxyl groups is 2. The fraction of sp³-hybridized carbons (Fsp3) is 0.583. The Balaban J connectivity index is 1.68. The molecule has 2 heterocycles. The molecule has 4 N–H and O–H groups in total. The highest BCUT2D eigenvalue weighted by atomic mass is 32.2. The number of thioether (sulfide) groups is 1. The highest BCUT2D eigenvalue weighted by Gasteiger charge is 2.43. The van der Waals surface area contributed by atoms with Crippen molar-refractivity contribution in [2.45, 2.75) is 68.4 Å². The minimum absolute atomic E-state index is 0.104. The zero-order valence-electron chi connectivity index (χ0n) is 20.5. The van der Waals surface area contributed by atoms with Crippen molar-refractivity contribution < 1.29 is 33.1 Å². The molecule has 2 saturated carbocycles. The van der Waals surface area contributed by atoms with Crippen LogP contribution in [0.25, 0.3) is 16.9 Å². The number of ether oxygens (including phenoxy) is 2. The predicted molar refractivity (Wildman–Crippen MR) is 131 cm³/mol. The zero-order valence-corrected chi connectivity index (χ0v) is 21.3. The first-order chi connectivity index (χ1) is 17.9. The predicted octanol–water partition coefficient (Wildman–Crippen LogP) is 2.39. The van der Waals surface area contributed by atoms with E-state index < -0.39 is 30.6 Å². The normalized spacial score (nSPS) is 21.8. The van der Waals surface area contributed by atoms with E-state index in [4.69, 9.17) is 25.4 Å². The number of aromatic nitrogens is 5. The van der Waals surface area contributed by atoms with Crippen molar-refractivity contribution in [3.63, 3.8) is 0 Å². The van der Waals surface area contributed by atoms with Gasteiger partial charge in [0, 0.05) is 29.9 Å². The molecule has 10 nitrogen and oxygen atoms in total. The van der Waals surface area contributed by atoms with Crippen molar-refractivity contribution in [3.05, 3.63) is 29.3 Å². The molecule has 0 aliphatic heterocycles. The van der Waals surface area contributed by atoms with E-state index in [-0.39, 0.29) is 31.1 Å². The molecule has 0 bridgehead atoms. The largest absolute Gasteiger partial charge is 0.394 e. The Morgan fingerprint density at radius 1 is 1.16 bits per heavy atom. The topological polar surface area (TPSA) is 132 Å². The van der Waals surface area contributed by atoms with Gasteiger partial charge in [0.15, 0.2) is 17.5 Å². The molecule has 3 aromatic rings. The molecule has 13 heteroatoms. The molecule has 0 amide bonds. The summed E-state index contributed by atoms with van der Waals surface area (Å²) in [5.41, 5.74) is 8.30. The minimum Gasteiger partial charge on any atom is -0.394 e. The molecule has 37 heavy (non-hydrogen) atoms. The van der Waals surface area contributed by atoms with Gasteiger partial charge in [-0.15, -0.1) is 9.36 Å². The van der Waals surface area contributed by atoms with Gasteiger partial charge in [-0.05, 0) is 36.8 Å². The van der Waals surface area contributed by atoms with Gasteiger partial charge in [0.25, 0.3) is 5.16 Å². The molecule has 3 unspecified atom stereocenters. The number of nitrogen functional groups attached to an aromatic ring is 1. The Morgan fingerprint density at radius 3 is 2.65 bits per heavy atom. The van der Waals surface area contributed by atoms with Gasteiger partial charge < -0.3 is 25.4 Å². The first-order valence-electron chi connectivity index (χ1n) is 12.5. The maximum atomic E-state index is 14.5. The zero-order chi connectivity index (χ0) is 26.1. The average molecular weight is 538 g/mol. The third-order valence-electron chi connectivity index (χ3n) is 6.71. The lowest BCUT2D eigenvalue weighted by atomic mass is 10.1. The second-order valence-electron chi connectivity index (χ2n) is 9.35. The van der Waals surface area contributed by atoms with Gasteiger partial charge >= 0.3 is 5.65 Å². The maximum absolute atomic E-state index is 14.5. The monoisotopic (exact) mass is 537 g/mol. The summed E-state index contributed by atoms with van der Waals surface area (Å²) in [7, 11) is 0. The Hall–Kier alpha value is -2.45. The summed E-state index contributed by atoms with van der Waals surface area (Å²) < 4.78 is 43.3. The lowest BCUT2D eigenvalue weighted by molar-refractivity contribution is -0.763. The highest BCUT2D eigenvalue weighted by Crippen LogP contribution is 2.44. The Labute approximate surface area is 216 Å². The maximum Gasteiger partial charge on any atom is 0.330 e. The van der Waals surface area contributed by atoms with Crippen LogP contribution >= 0.6 is 11.8 Å². The van der Waals surface area contributed by atoms with Crippen molar-refractivity contribution in [3.8, 4) is 5.69 Å². The Morgan fingerprint density at radius 2 is 1.95 bits per heavy atom. The van der Waals surface area contributed by atoms with Crippen LogP contribution < -0.4 is 10.4 Å². The summed E-state index contributed by atoms with van der Waals surface area (Å²) >= 11 is 1.47. The first-order valence-corrected chi connectivity index (χ1v) is 13.5. The fourth-order valence-electron chi connectivity index (χ4n) is 4.91. The van der Waals surface area contributed by atoms with Gasteiger partial charge in [0.1, 0.15) is 18.5 Å². The van der Waals surface area contributed by atoms with Gasteiger partial charge in [0.05, 0.1) is 25.4 Å². The van der Waals surface area contributed by atoms with Crippen LogP contribution in [0.4, 0.5) is 14.6 Å². The van der Waals surface area contributed by atoms with Crippen LogP contribution in [0.3, 0.4) is 0 Å². The van der Waals surface area contributed by atoms with E-state index in [2.05, 4.69) is 11.9 Å². The molecular weight excluding hydrogens is 506 g/mol.